The second kappa shape index (κ2) is 5.76. The van der Waals surface area contributed by atoms with Crippen molar-refractivity contribution in [1.29, 1.82) is 0 Å². The minimum absolute atomic E-state index is 0.205. The van der Waals surface area contributed by atoms with Crippen molar-refractivity contribution in [2.24, 2.45) is 5.92 Å². The first kappa shape index (κ1) is 11.2. The highest BCUT2D eigenvalue weighted by Gasteiger charge is 2.11. The van der Waals surface area contributed by atoms with Crippen LogP contribution < -0.4 is 0 Å². The van der Waals surface area contributed by atoms with E-state index in [0.29, 0.717) is 18.9 Å². The van der Waals surface area contributed by atoms with Crippen LogP contribution in [0.4, 0.5) is 0 Å². The van der Waals surface area contributed by atoms with Crippen molar-refractivity contribution in [3.63, 3.8) is 0 Å². The number of allylic oxidation sites excluding steroid dienone is 2. The highest BCUT2D eigenvalue weighted by atomic mass is 16.5. The fourth-order valence-corrected chi connectivity index (χ4v) is 1.45. The molecule has 0 aromatic rings. The highest BCUT2D eigenvalue weighted by molar-refractivity contribution is 5.79. The molecule has 0 aromatic carbocycles. The number of Topliss-reactive ketones (excluding diaryl/α,β-unsaturated/α-hetero) is 1. The largest absolute Gasteiger partial charge is 0.373 e. The predicted octanol–water partition coefficient (Wildman–Crippen LogP) is 2.50. The molecule has 0 amide bonds. The SMILES string of the molecule is CCCC(=O)COCC1C=CC=C1C. The molecule has 0 bridgehead atoms. The number of ketones is 1. The van der Waals surface area contributed by atoms with E-state index in [1.807, 2.05) is 13.0 Å². The number of carbonyl (C=O) groups excluding carboxylic acids is 1. The van der Waals surface area contributed by atoms with E-state index in [4.69, 9.17) is 4.74 Å². The first-order valence-corrected chi connectivity index (χ1v) is 5.18. The normalized spacial score (nSPS) is 19.9. The molecule has 0 N–H and O–H groups in total. The first-order chi connectivity index (χ1) is 6.74. The lowest BCUT2D eigenvalue weighted by atomic mass is 10.1. The molecule has 0 aromatic heterocycles. The molecule has 1 atom stereocenters. The lowest BCUT2D eigenvalue weighted by Gasteiger charge is -2.10. The minimum atomic E-state index is 0.205. The maximum absolute atomic E-state index is 11.1. The number of hydrogen-bond donors (Lipinski definition) is 0. The zero-order valence-corrected chi connectivity index (χ0v) is 8.95. The van der Waals surface area contributed by atoms with Gasteiger partial charge in [0.2, 0.25) is 0 Å². The molecule has 1 rings (SSSR count). The molecule has 0 radical (unpaired) electrons. The minimum Gasteiger partial charge on any atom is -0.373 e. The molecular weight excluding hydrogens is 176 g/mol. The van der Waals surface area contributed by atoms with Crippen LogP contribution in [0.1, 0.15) is 26.7 Å². The Morgan fingerprint density at radius 2 is 2.36 bits per heavy atom. The van der Waals surface area contributed by atoms with Crippen LogP contribution in [0.2, 0.25) is 0 Å². The van der Waals surface area contributed by atoms with Crippen molar-refractivity contribution >= 4 is 5.78 Å². The van der Waals surface area contributed by atoms with Crippen molar-refractivity contribution in [1.82, 2.24) is 0 Å². The van der Waals surface area contributed by atoms with Gasteiger partial charge < -0.3 is 4.74 Å². The van der Waals surface area contributed by atoms with E-state index in [-0.39, 0.29) is 12.4 Å². The molecular formula is C12H18O2. The summed E-state index contributed by atoms with van der Waals surface area (Å²) in [5.74, 6) is 0.584. The number of rotatable bonds is 6. The predicted molar refractivity (Wildman–Crippen MR) is 57.1 cm³/mol. The first-order valence-electron chi connectivity index (χ1n) is 5.18. The van der Waals surface area contributed by atoms with Gasteiger partial charge in [-0.15, -0.1) is 0 Å². The van der Waals surface area contributed by atoms with Gasteiger partial charge in [-0.05, 0) is 13.3 Å². The van der Waals surface area contributed by atoms with Crippen molar-refractivity contribution in [2.75, 3.05) is 13.2 Å². The van der Waals surface area contributed by atoms with Gasteiger partial charge in [-0.25, -0.2) is 0 Å². The summed E-state index contributed by atoms with van der Waals surface area (Å²) in [7, 11) is 0. The summed E-state index contributed by atoms with van der Waals surface area (Å²) in [6.07, 6.45) is 7.78. The summed E-state index contributed by atoms with van der Waals surface area (Å²) in [6.45, 7) is 4.99. The van der Waals surface area contributed by atoms with E-state index in [0.717, 1.165) is 6.42 Å². The fraction of sp³-hybridized carbons (Fsp3) is 0.583. The molecule has 0 aliphatic heterocycles. The molecule has 78 valence electrons. The molecule has 2 nitrogen and oxygen atoms in total. The Kier molecular flexibility index (Phi) is 4.60. The summed E-state index contributed by atoms with van der Waals surface area (Å²) in [5, 5.41) is 0. The maximum Gasteiger partial charge on any atom is 0.158 e. The zero-order chi connectivity index (χ0) is 10.4. The molecule has 1 aliphatic rings. The van der Waals surface area contributed by atoms with Crippen LogP contribution in [0.15, 0.2) is 23.8 Å². The van der Waals surface area contributed by atoms with E-state index in [2.05, 4.69) is 19.1 Å². The van der Waals surface area contributed by atoms with Crippen LogP contribution in [0, 0.1) is 5.92 Å². The van der Waals surface area contributed by atoms with E-state index < -0.39 is 0 Å². The second-order valence-electron chi connectivity index (χ2n) is 3.71. The number of carbonyl (C=O) groups is 1. The van der Waals surface area contributed by atoms with Crippen LogP contribution in [0.5, 0.6) is 0 Å². The summed E-state index contributed by atoms with van der Waals surface area (Å²) >= 11 is 0. The van der Waals surface area contributed by atoms with Crippen LogP contribution in [-0.4, -0.2) is 19.0 Å². The Morgan fingerprint density at radius 1 is 1.57 bits per heavy atom. The molecule has 2 heteroatoms. The molecule has 0 fully saturated rings. The lowest BCUT2D eigenvalue weighted by molar-refractivity contribution is -0.123. The van der Waals surface area contributed by atoms with Crippen molar-refractivity contribution in [2.45, 2.75) is 26.7 Å². The van der Waals surface area contributed by atoms with Crippen molar-refractivity contribution in [3.05, 3.63) is 23.8 Å². The number of hydrogen-bond acceptors (Lipinski definition) is 2. The van der Waals surface area contributed by atoms with E-state index >= 15 is 0 Å². The topological polar surface area (TPSA) is 26.3 Å². The van der Waals surface area contributed by atoms with E-state index in [1.165, 1.54) is 5.57 Å². The van der Waals surface area contributed by atoms with E-state index in [1.54, 1.807) is 0 Å². The van der Waals surface area contributed by atoms with Crippen LogP contribution in [-0.2, 0) is 9.53 Å². The molecule has 1 unspecified atom stereocenters. The van der Waals surface area contributed by atoms with E-state index in [9.17, 15) is 4.79 Å². The molecule has 0 spiro atoms. The molecule has 1 aliphatic carbocycles. The smallest absolute Gasteiger partial charge is 0.158 e. The quantitative estimate of drug-likeness (QED) is 0.649. The van der Waals surface area contributed by atoms with Gasteiger partial charge in [0.15, 0.2) is 5.78 Å². The average molecular weight is 194 g/mol. The second-order valence-corrected chi connectivity index (χ2v) is 3.71. The summed E-state index contributed by atoms with van der Waals surface area (Å²) in [5.41, 5.74) is 1.31. The third-order valence-corrected chi connectivity index (χ3v) is 2.38. The Bertz CT molecular complexity index is 251. The fourth-order valence-electron chi connectivity index (χ4n) is 1.45. The summed E-state index contributed by atoms with van der Waals surface area (Å²) in [6, 6.07) is 0. The van der Waals surface area contributed by atoms with Gasteiger partial charge in [0.25, 0.3) is 0 Å². The molecule has 14 heavy (non-hydrogen) atoms. The van der Waals surface area contributed by atoms with Gasteiger partial charge in [0.1, 0.15) is 6.61 Å². The summed E-state index contributed by atoms with van der Waals surface area (Å²) in [4.78, 5) is 11.1. The zero-order valence-electron chi connectivity index (χ0n) is 8.95. The summed E-state index contributed by atoms with van der Waals surface area (Å²) < 4.78 is 5.36. The van der Waals surface area contributed by atoms with Crippen LogP contribution >= 0.6 is 0 Å². The monoisotopic (exact) mass is 194 g/mol. The maximum atomic E-state index is 11.1. The van der Waals surface area contributed by atoms with Crippen LogP contribution in [0.25, 0.3) is 0 Å². The third kappa shape index (κ3) is 3.46. The highest BCUT2D eigenvalue weighted by Crippen LogP contribution is 2.18. The van der Waals surface area contributed by atoms with Gasteiger partial charge in [0, 0.05) is 12.3 Å². The van der Waals surface area contributed by atoms with Gasteiger partial charge in [-0.1, -0.05) is 30.7 Å². The average Bonchev–Trinajstić information content (AvgIpc) is 2.52. The van der Waals surface area contributed by atoms with Gasteiger partial charge in [-0.3, -0.25) is 4.79 Å². The van der Waals surface area contributed by atoms with Gasteiger partial charge >= 0.3 is 0 Å². The molecule has 0 saturated heterocycles. The molecule has 0 saturated carbocycles. The molecule has 0 heterocycles. The standard InChI is InChI=1S/C12H18O2/c1-3-5-12(13)9-14-8-11-7-4-6-10(11)2/h4,6-7,11H,3,5,8-9H2,1-2H3. The Balaban J connectivity index is 2.13. The third-order valence-electron chi connectivity index (χ3n) is 2.38. The van der Waals surface area contributed by atoms with Gasteiger partial charge in [0.05, 0.1) is 6.61 Å². The Hall–Kier alpha value is -0.890. The Labute approximate surface area is 85.6 Å². The number of ether oxygens (including phenoxy) is 1. The van der Waals surface area contributed by atoms with Crippen molar-refractivity contribution < 1.29 is 9.53 Å². The Morgan fingerprint density at radius 3 is 2.93 bits per heavy atom. The lowest BCUT2D eigenvalue weighted by Crippen LogP contribution is -2.13. The van der Waals surface area contributed by atoms with Gasteiger partial charge in [-0.2, -0.15) is 0 Å². The van der Waals surface area contributed by atoms with Crippen LogP contribution in [0.3, 0.4) is 0 Å². The van der Waals surface area contributed by atoms with Crippen molar-refractivity contribution in [3.8, 4) is 0 Å².